The molecule has 132 valence electrons. The maximum Gasteiger partial charge on any atom is 0.155 e. The van der Waals surface area contributed by atoms with Crippen molar-refractivity contribution in [3.05, 3.63) is 72.6 Å². The van der Waals surface area contributed by atoms with E-state index in [4.69, 9.17) is 4.98 Å². The van der Waals surface area contributed by atoms with Gasteiger partial charge in [-0.1, -0.05) is 44.2 Å². The molecule has 0 amide bonds. The lowest BCUT2D eigenvalue weighted by molar-refractivity contribution is 0.867. The summed E-state index contributed by atoms with van der Waals surface area (Å²) < 4.78 is 0. The smallest absolute Gasteiger partial charge is 0.155 e. The lowest BCUT2D eigenvalue weighted by Gasteiger charge is -2.12. The van der Waals surface area contributed by atoms with E-state index in [0.29, 0.717) is 5.92 Å². The Balaban J connectivity index is 1.77. The zero-order chi connectivity index (χ0) is 18.4. The summed E-state index contributed by atoms with van der Waals surface area (Å²) in [4.78, 5) is 12.8. The van der Waals surface area contributed by atoms with Gasteiger partial charge in [0.2, 0.25) is 0 Å². The van der Waals surface area contributed by atoms with Gasteiger partial charge in [0.15, 0.2) is 5.82 Å². The molecule has 27 heavy (non-hydrogen) atoms. The van der Waals surface area contributed by atoms with Gasteiger partial charge in [0.05, 0.1) is 11.0 Å². The number of aromatic nitrogens is 3. The molecule has 2 N–H and O–H groups in total. The monoisotopic (exact) mass is 352 g/mol. The van der Waals surface area contributed by atoms with Crippen LogP contribution in [0.5, 0.6) is 0 Å². The number of pyridine rings is 2. The SMILES string of the molecule is CC(C)c1cccc(Nc2nc3ccccc3c3c2[nH]c2ccncc23)c1. The summed E-state index contributed by atoms with van der Waals surface area (Å²) in [5.41, 5.74) is 5.39. The fourth-order valence-electron chi connectivity index (χ4n) is 3.65. The molecule has 0 aliphatic heterocycles. The van der Waals surface area contributed by atoms with Gasteiger partial charge in [-0.2, -0.15) is 0 Å². The molecule has 3 aromatic heterocycles. The van der Waals surface area contributed by atoms with Crippen molar-refractivity contribution in [2.75, 3.05) is 5.32 Å². The summed E-state index contributed by atoms with van der Waals surface area (Å²) in [7, 11) is 0. The number of rotatable bonds is 3. The van der Waals surface area contributed by atoms with Crippen molar-refractivity contribution in [1.29, 1.82) is 0 Å². The molecule has 3 heterocycles. The van der Waals surface area contributed by atoms with Gasteiger partial charge < -0.3 is 10.3 Å². The molecule has 0 aliphatic rings. The number of nitrogens with one attached hydrogen (secondary N) is 2. The van der Waals surface area contributed by atoms with Crippen molar-refractivity contribution in [2.24, 2.45) is 0 Å². The van der Waals surface area contributed by atoms with Crippen LogP contribution in [0.1, 0.15) is 25.3 Å². The maximum atomic E-state index is 4.91. The van der Waals surface area contributed by atoms with E-state index in [1.807, 2.05) is 24.5 Å². The summed E-state index contributed by atoms with van der Waals surface area (Å²) in [6.45, 7) is 4.41. The van der Waals surface area contributed by atoms with Gasteiger partial charge in [-0.15, -0.1) is 0 Å². The highest BCUT2D eigenvalue weighted by Gasteiger charge is 2.14. The highest BCUT2D eigenvalue weighted by molar-refractivity contribution is 6.21. The molecule has 4 heteroatoms. The summed E-state index contributed by atoms with van der Waals surface area (Å²) in [6.07, 6.45) is 3.73. The van der Waals surface area contributed by atoms with E-state index in [1.54, 1.807) is 0 Å². The molecular weight excluding hydrogens is 332 g/mol. The third kappa shape index (κ3) is 2.61. The molecule has 0 atom stereocenters. The molecule has 0 saturated carbocycles. The average molecular weight is 352 g/mol. The minimum absolute atomic E-state index is 0.482. The van der Waals surface area contributed by atoms with Crippen LogP contribution >= 0.6 is 0 Å². The second-order valence-electron chi connectivity index (χ2n) is 7.18. The summed E-state index contributed by atoms with van der Waals surface area (Å²) >= 11 is 0. The van der Waals surface area contributed by atoms with Crippen molar-refractivity contribution in [3.63, 3.8) is 0 Å². The molecule has 0 unspecified atom stereocenters. The Morgan fingerprint density at radius 3 is 2.74 bits per heavy atom. The van der Waals surface area contributed by atoms with Crippen LogP contribution in [-0.2, 0) is 0 Å². The first-order chi connectivity index (χ1) is 13.2. The minimum atomic E-state index is 0.482. The van der Waals surface area contributed by atoms with Crippen LogP contribution in [0.25, 0.3) is 32.7 Å². The van der Waals surface area contributed by atoms with E-state index in [0.717, 1.165) is 44.2 Å². The Morgan fingerprint density at radius 2 is 1.85 bits per heavy atom. The number of anilines is 2. The molecule has 0 bridgehead atoms. The zero-order valence-corrected chi connectivity index (χ0v) is 15.3. The van der Waals surface area contributed by atoms with Gasteiger partial charge >= 0.3 is 0 Å². The standard InChI is InChI=1S/C23H20N4/c1-14(2)15-6-5-7-16(12-15)25-23-22-21(17-8-3-4-9-19(17)27-23)18-13-24-11-10-20(18)26-22/h3-14,26H,1-2H3,(H,25,27). The topological polar surface area (TPSA) is 53.6 Å². The minimum Gasteiger partial charge on any atom is -0.351 e. The molecule has 0 spiro atoms. The lowest BCUT2D eigenvalue weighted by atomic mass is 10.0. The highest BCUT2D eigenvalue weighted by atomic mass is 15.0. The molecule has 0 fully saturated rings. The van der Waals surface area contributed by atoms with Crippen LogP contribution in [0.15, 0.2) is 67.0 Å². The van der Waals surface area contributed by atoms with E-state index >= 15 is 0 Å². The Labute approximate surface area is 157 Å². The number of nitrogens with zero attached hydrogens (tertiary/aromatic N) is 2. The Hall–Kier alpha value is -3.40. The number of H-pyrrole nitrogens is 1. The van der Waals surface area contributed by atoms with Crippen LogP contribution in [0.3, 0.4) is 0 Å². The Morgan fingerprint density at radius 1 is 0.963 bits per heavy atom. The van der Waals surface area contributed by atoms with Gasteiger partial charge in [0, 0.05) is 39.8 Å². The van der Waals surface area contributed by atoms with Crippen LogP contribution in [0, 0.1) is 0 Å². The second-order valence-corrected chi connectivity index (χ2v) is 7.18. The fraction of sp³-hybridized carbons (Fsp3) is 0.130. The van der Waals surface area contributed by atoms with Crippen LogP contribution in [0.4, 0.5) is 11.5 Å². The number of aromatic amines is 1. The largest absolute Gasteiger partial charge is 0.351 e. The Kier molecular flexibility index (Phi) is 3.57. The fourth-order valence-corrected chi connectivity index (χ4v) is 3.65. The first-order valence-corrected chi connectivity index (χ1v) is 9.22. The molecule has 0 radical (unpaired) electrons. The van der Waals surface area contributed by atoms with Gasteiger partial charge in [-0.05, 0) is 35.7 Å². The maximum absolute atomic E-state index is 4.91. The molecule has 0 aliphatic carbocycles. The number of hydrogen-bond acceptors (Lipinski definition) is 3. The van der Waals surface area contributed by atoms with Gasteiger partial charge in [-0.3, -0.25) is 4.98 Å². The third-order valence-corrected chi connectivity index (χ3v) is 5.06. The van der Waals surface area contributed by atoms with Crippen LogP contribution in [-0.4, -0.2) is 15.0 Å². The molecule has 5 aromatic rings. The molecule has 2 aromatic carbocycles. The predicted molar refractivity (Wildman–Crippen MR) is 113 cm³/mol. The first kappa shape index (κ1) is 15.8. The Bertz CT molecular complexity index is 1280. The van der Waals surface area contributed by atoms with E-state index in [9.17, 15) is 0 Å². The van der Waals surface area contributed by atoms with E-state index in [1.165, 1.54) is 5.56 Å². The lowest BCUT2D eigenvalue weighted by Crippen LogP contribution is -1.97. The van der Waals surface area contributed by atoms with Gasteiger partial charge in [0.25, 0.3) is 0 Å². The van der Waals surface area contributed by atoms with E-state index in [2.05, 4.69) is 71.6 Å². The number of hydrogen-bond donors (Lipinski definition) is 2. The van der Waals surface area contributed by atoms with E-state index in [-0.39, 0.29) is 0 Å². The van der Waals surface area contributed by atoms with Gasteiger partial charge in [-0.25, -0.2) is 4.98 Å². The van der Waals surface area contributed by atoms with Crippen LogP contribution in [0.2, 0.25) is 0 Å². The molecule has 0 saturated heterocycles. The van der Waals surface area contributed by atoms with Crippen molar-refractivity contribution in [1.82, 2.24) is 15.0 Å². The number of para-hydroxylation sites is 1. The van der Waals surface area contributed by atoms with Crippen molar-refractivity contribution >= 4 is 44.2 Å². The van der Waals surface area contributed by atoms with Crippen LogP contribution < -0.4 is 5.32 Å². The van der Waals surface area contributed by atoms with E-state index < -0.39 is 0 Å². The molecule has 5 rings (SSSR count). The third-order valence-electron chi connectivity index (χ3n) is 5.06. The van der Waals surface area contributed by atoms with Gasteiger partial charge in [0.1, 0.15) is 0 Å². The number of fused-ring (bicyclic) bond motifs is 5. The predicted octanol–water partition coefficient (Wildman–Crippen LogP) is 6.13. The number of benzene rings is 2. The quantitative estimate of drug-likeness (QED) is 0.410. The first-order valence-electron chi connectivity index (χ1n) is 9.22. The van der Waals surface area contributed by atoms with Crippen molar-refractivity contribution < 1.29 is 0 Å². The zero-order valence-electron chi connectivity index (χ0n) is 15.3. The molecule has 4 nitrogen and oxygen atoms in total. The summed E-state index contributed by atoms with van der Waals surface area (Å²) in [6, 6.07) is 18.8. The van der Waals surface area contributed by atoms with Crippen molar-refractivity contribution in [2.45, 2.75) is 19.8 Å². The molecular formula is C23H20N4. The highest BCUT2D eigenvalue weighted by Crippen LogP contribution is 2.35. The normalized spacial score (nSPS) is 11.7. The second kappa shape index (κ2) is 6.09. The summed E-state index contributed by atoms with van der Waals surface area (Å²) in [5, 5.41) is 6.94. The van der Waals surface area contributed by atoms with Crippen molar-refractivity contribution in [3.8, 4) is 0 Å². The summed E-state index contributed by atoms with van der Waals surface area (Å²) in [5.74, 6) is 1.32. The average Bonchev–Trinajstić information content (AvgIpc) is 3.08.